The highest BCUT2D eigenvalue weighted by Crippen LogP contribution is 2.28. The van der Waals surface area contributed by atoms with E-state index in [1.54, 1.807) is 18.2 Å². The quantitative estimate of drug-likeness (QED) is 0.878. The Morgan fingerprint density at radius 2 is 2.14 bits per heavy atom. The molecule has 22 heavy (non-hydrogen) atoms. The van der Waals surface area contributed by atoms with E-state index >= 15 is 0 Å². The number of carbonyl (C=O) groups excluding carboxylic acids is 2. The van der Waals surface area contributed by atoms with Crippen molar-refractivity contribution in [2.24, 2.45) is 5.92 Å². The summed E-state index contributed by atoms with van der Waals surface area (Å²) in [5, 5.41) is 1.83. The van der Waals surface area contributed by atoms with Crippen LogP contribution in [-0.2, 0) is 9.59 Å². The topological polar surface area (TPSA) is 49.4 Å². The number of nitrogens with one attached hydrogen (secondary N) is 1. The molecule has 0 aromatic heterocycles. The van der Waals surface area contributed by atoms with Gasteiger partial charge in [-0.05, 0) is 30.7 Å². The maximum absolute atomic E-state index is 12.1. The Morgan fingerprint density at radius 3 is 2.73 bits per heavy atom. The third-order valence-corrected chi connectivity index (χ3v) is 4.30. The van der Waals surface area contributed by atoms with Crippen molar-refractivity contribution >= 4 is 33.4 Å². The molecule has 1 saturated heterocycles. The van der Waals surface area contributed by atoms with E-state index in [9.17, 15) is 22.8 Å². The van der Waals surface area contributed by atoms with Crippen molar-refractivity contribution in [1.29, 1.82) is 0 Å². The van der Waals surface area contributed by atoms with Crippen molar-refractivity contribution in [3.63, 3.8) is 0 Å². The predicted octanol–water partition coefficient (Wildman–Crippen LogP) is 2.79. The van der Waals surface area contributed by atoms with E-state index in [4.69, 9.17) is 0 Å². The van der Waals surface area contributed by atoms with Gasteiger partial charge in [0.2, 0.25) is 11.8 Å². The highest BCUT2D eigenvalue weighted by Gasteiger charge is 2.37. The number of benzene rings is 1. The number of alkyl halides is 3. The fraction of sp³-hybridized carbons (Fsp3) is 0.429. The van der Waals surface area contributed by atoms with Crippen molar-refractivity contribution in [3.05, 3.63) is 28.2 Å². The molecule has 1 aliphatic heterocycles. The molecule has 8 heteroatoms. The summed E-state index contributed by atoms with van der Waals surface area (Å²) in [5.41, 5.74) is 1.56. The van der Waals surface area contributed by atoms with Gasteiger partial charge in [0.25, 0.3) is 0 Å². The Labute approximate surface area is 133 Å². The Hall–Kier alpha value is -1.57. The number of amides is 2. The summed E-state index contributed by atoms with van der Waals surface area (Å²) in [6.45, 7) is 0.569. The van der Waals surface area contributed by atoms with E-state index < -0.39 is 24.5 Å². The minimum Gasteiger partial charge on any atom is -0.347 e. The van der Waals surface area contributed by atoms with Crippen LogP contribution in [0, 0.1) is 12.8 Å². The molecule has 4 nitrogen and oxygen atoms in total. The molecule has 1 aliphatic rings. The van der Waals surface area contributed by atoms with Gasteiger partial charge in [0.15, 0.2) is 0 Å². The molecule has 0 bridgehead atoms. The van der Waals surface area contributed by atoms with Crippen LogP contribution < -0.4 is 10.2 Å². The fourth-order valence-electron chi connectivity index (χ4n) is 2.26. The zero-order chi connectivity index (χ0) is 16.5. The van der Waals surface area contributed by atoms with E-state index in [1.165, 1.54) is 4.90 Å². The second kappa shape index (κ2) is 6.28. The van der Waals surface area contributed by atoms with Gasteiger partial charge in [0.05, 0.1) is 5.92 Å². The molecule has 1 atom stereocenters. The van der Waals surface area contributed by atoms with E-state index in [0.717, 1.165) is 10.0 Å². The maximum atomic E-state index is 12.1. The number of nitrogens with zero attached hydrogens (tertiary/aromatic N) is 1. The van der Waals surface area contributed by atoms with E-state index in [0.29, 0.717) is 5.69 Å². The SMILES string of the molecule is Cc1cc(N2C[C@H](C(=O)NCC(F)(F)F)CC2=O)ccc1Br. The second-order valence-electron chi connectivity index (χ2n) is 5.17. The predicted molar refractivity (Wildman–Crippen MR) is 78.4 cm³/mol. The summed E-state index contributed by atoms with van der Waals surface area (Å²) in [6.07, 6.45) is -4.54. The second-order valence-corrected chi connectivity index (χ2v) is 6.03. The number of aryl methyl sites for hydroxylation is 1. The van der Waals surface area contributed by atoms with Crippen LogP contribution in [-0.4, -0.2) is 31.1 Å². The summed E-state index contributed by atoms with van der Waals surface area (Å²) in [4.78, 5) is 25.2. The summed E-state index contributed by atoms with van der Waals surface area (Å²) in [6, 6.07) is 5.30. The van der Waals surface area contributed by atoms with E-state index in [-0.39, 0.29) is 18.9 Å². The lowest BCUT2D eigenvalue weighted by Crippen LogP contribution is -2.38. The van der Waals surface area contributed by atoms with Crippen molar-refractivity contribution < 1.29 is 22.8 Å². The minimum absolute atomic E-state index is 0.0845. The van der Waals surface area contributed by atoms with Crippen LogP contribution in [0.5, 0.6) is 0 Å². The van der Waals surface area contributed by atoms with E-state index in [1.807, 2.05) is 12.2 Å². The van der Waals surface area contributed by atoms with Gasteiger partial charge in [-0.2, -0.15) is 13.2 Å². The smallest absolute Gasteiger partial charge is 0.347 e. The molecule has 0 radical (unpaired) electrons. The van der Waals surface area contributed by atoms with Crippen LogP contribution in [0.2, 0.25) is 0 Å². The lowest BCUT2D eigenvalue weighted by Gasteiger charge is -2.18. The summed E-state index contributed by atoms with van der Waals surface area (Å²) in [7, 11) is 0. The van der Waals surface area contributed by atoms with Crippen LogP contribution in [0.4, 0.5) is 18.9 Å². The number of halogens is 4. The molecule has 1 N–H and O–H groups in total. The lowest BCUT2D eigenvalue weighted by molar-refractivity contribution is -0.140. The lowest BCUT2D eigenvalue weighted by atomic mass is 10.1. The molecule has 1 aromatic rings. The van der Waals surface area contributed by atoms with Crippen LogP contribution in [0.3, 0.4) is 0 Å². The number of hydrogen-bond acceptors (Lipinski definition) is 2. The van der Waals surface area contributed by atoms with Gasteiger partial charge in [-0.25, -0.2) is 0 Å². The third-order valence-electron chi connectivity index (χ3n) is 3.41. The van der Waals surface area contributed by atoms with Crippen molar-refractivity contribution in [3.8, 4) is 0 Å². The average molecular weight is 379 g/mol. The van der Waals surface area contributed by atoms with Crippen LogP contribution in [0.15, 0.2) is 22.7 Å². The molecular formula is C14H14BrF3N2O2. The number of hydrogen-bond donors (Lipinski definition) is 1. The first-order valence-electron chi connectivity index (χ1n) is 6.58. The standard InChI is InChI=1S/C14H14BrF3N2O2/c1-8-4-10(2-3-11(8)15)20-6-9(5-12(20)21)13(22)19-7-14(16,17)18/h2-4,9H,5-7H2,1H3,(H,19,22)/t9-/m1/s1. The van der Waals surface area contributed by atoms with Crippen LogP contribution >= 0.6 is 15.9 Å². The van der Waals surface area contributed by atoms with Gasteiger partial charge in [-0.15, -0.1) is 0 Å². The number of carbonyl (C=O) groups is 2. The Bertz CT molecular complexity index is 604. The third kappa shape index (κ3) is 4.00. The summed E-state index contributed by atoms with van der Waals surface area (Å²) < 4.78 is 37.2. The van der Waals surface area contributed by atoms with Gasteiger partial charge in [-0.3, -0.25) is 9.59 Å². The molecule has 2 amide bonds. The molecule has 0 aliphatic carbocycles. The van der Waals surface area contributed by atoms with Crippen molar-refractivity contribution in [2.75, 3.05) is 18.0 Å². The van der Waals surface area contributed by atoms with Crippen molar-refractivity contribution in [1.82, 2.24) is 5.32 Å². The molecule has 0 unspecified atom stereocenters. The Kier molecular flexibility index (Phi) is 4.79. The van der Waals surface area contributed by atoms with Gasteiger partial charge < -0.3 is 10.2 Å². The molecule has 1 aromatic carbocycles. The fourth-order valence-corrected chi connectivity index (χ4v) is 2.51. The summed E-state index contributed by atoms with van der Waals surface area (Å²) >= 11 is 3.35. The molecule has 0 spiro atoms. The van der Waals surface area contributed by atoms with E-state index in [2.05, 4.69) is 15.9 Å². The average Bonchev–Trinajstić information content (AvgIpc) is 2.80. The highest BCUT2D eigenvalue weighted by molar-refractivity contribution is 9.10. The van der Waals surface area contributed by atoms with Gasteiger partial charge in [-0.1, -0.05) is 15.9 Å². The molecule has 1 heterocycles. The first-order valence-corrected chi connectivity index (χ1v) is 7.37. The number of anilines is 1. The first-order chi connectivity index (χ1) is 10.2. The van der Waals surface area contributed by atoms with Gasteiger partial charge in [0.1, 0.15) is 6.54 Å². The van der Waals surface area contributed by atoms with Crippen LogP contribution in [0.25, 0.3) is 0 Å². The minimum atomic E-state index is -4.46. The van der Waals surface area contributed by atoms with Gasteiger partial charge >= 0.3 is 6.18 Å². The van der Waals surface area contributed by atoms with Crippen molar-refractivity contribution in [2.45, 2.75) is 19.5 Å². The summed E-state index contributed by atoms with van der Waals surface area (Å²) in [5.74, 6) is -1.78. The molecule has 1 fully saturated rings. The Balaban J connectivity index is 2.04. The molecule has 0 saturated carbocycles. The zero-order valence-electron chi connectivity index (χ0n) is 11.7. The zero-order valence-corrected chi connectivity index (χ0v) is 13.3. The van der Waals surface area contributed by atoms with Crippen LogP contribution in [0.1, 0.15) is 12.0 Å². The molecular weight excluding hydrogens is 365 g/mol. The number of rotatable bonds is 3. The molecule has 120 valence electrons. The highest BCUT2D eigenvalue weighted by atomic mass is 79.9. The van der Waals surface area contributed by atoms with Gasteiger partial charge in [0, 0.05) is 23.1 Å². The monoisotopic (exact) mass is 378 g/mol. The first kappa shape index (κ1) is 16.8. The Morgan fingerprint density at radius 1 is 1.45 bits per heavy atom. The maximum Gasteiger partial charge on any atom is 0.405 e. The largest absolute Gasteiger partial charge is 0.405 e. The molecule has 2 rings (SSSR count). The normalized spacial score (nSPS) is 18.7.